The Morgan fingerprint density at radius 2 is 1.48 bits per heavy atom. The Hall–Kier alpha value is -4.36. The Morgan fingerprint density at radius 1 is 0.857 bits per heavy atom. The van der Waals surface area contributed by atoms with Crippen molar-refractivity contribution < 1.29 is 29.4 Å². The first-order valence-electron chi connectivity index (χ1n) is 13.3. The normalized spacial score (nSPS) is 13.8. The van der Waals surface area contributed by atoms with Gasteiger partial charge in [0, 0.05) is 24.7 Å². The van der Waals surface area contributed by atoms with Crippen molar-refractivity contribution in [2.24, 2.45) is 5.73 Å². The van der Waals surface area contributed by atoms with Gasteiger partial charge >= 0.3 is 5.97 Å². The first-order valence-corrected chi connectivity index (χ1v) is 14.7. The number of carboxylic acid groups (broad SMARTS) is 1. The largest absolute Gasteiger partial charge is 0.508 e. The quantitative estimate of drug-likeness (QED) is 0.125. The van der Waals surface area contributed by atoms with Gasteiger partial charge in [0.05, 0.1) is 12.4 Å². The number of imidazole rings is 1. The number of aliphatic carboxylic acids is 1. The van der Waals surface area contributed by atoms with Gasteiger partial charge in [-0.15, -0.1) is 0 Å². The summed E-state index contributed by atoms with van der Waals surface area (Å²) in [5, 5.41) is 27.1. The molecule has 4 atom stereocenters. The zero-order valence-electron chi connectivity index (χ0n) is 23.2. The lowest BCUT2D eigenvalue weighted by Gasteiger charge is -2.25. The SMILES string of the molecule is CSCC[C@@H](NC(=O)[C@@H](N)Cc1ccc(O)cc1)C(=O)N[C@@H](Cc1ccccc1)C(=O)N[C@@H](Cc1cnc[nH]1)C(=O)O. The maximum absolute atomic E-state index is 13.5. The predicted octanol–water partition coefficient (Wildman–Crippen LogP) is 0.763. The van der Waals surface area contributed by atoms with Gasteiger partial charge in [-0.25, -0.2) is 9.78 Å². The number of carbonyl (C=O) groups excluding carboxylic acids is 3. The van der Waals surface area contributed by atoms with Gasteiger partial charge in [0.1, 0.15) is 23.9 Å². The van der Waals surface area contributed by atoms with Gasteiger partial charge in [-0.1, -0.05) is 42.5 Å². The highest BCUT2D eigenvalue weighted by molar-refractivity contribution is 7.98. The number of carboxylic acids is 1. The van der Waals surface area contributed by atoms with Crippen LogP contribution in [0.25, 0.3) is 0 Å². The number of H-pyrrole nitrogens is 1. The van der Waals surface area contributed by atoms with Gasteiger partial charge in [-0.2, -0.15) is 11.8 Å². The van der Waals surface area contributed by atoms with E-state index >= 15 is 0 Å². The second kappa shape index (κ2) is 16.2. The summed E-state index contributed by atoms with van der Waals surface area (Å²) in [5.41, 5.74) is 8.13. The smallest absolute Gasteiger partial charge is 0.326 e. The summed E-state index contributed by atoms with van der Waals surface area (Å²) in [7, 11) is 0. The number of phenols is 1. The fourth-order valence-corrected chi connectivity index (χ4v) is 4.65. The minimum absolute atomic E-state index is 0.0294. The van der Waals surface area contributed by atoms with E-state index in [1.807, 2.05) is 12.3 Å². The molecule has 3 rings (SSSR count). The number of thioether (sulfide) groups is 1. The monoisotopic (exact) mass is 596 g/mol. The van der Waals surface area contributed by atoms with E-state index in [4.69, 9.17) is 5.73 Å². The van der Waals surface area contributed by atoms with Gasteiger partial charge in [0.15, 0.2) is 0 Å². The lowest BCUT2D eigenvalue weighted by atomic mass is 10.0. The second-order valence-electron chi connectivity index (χ2n) is 9.75. The lowest BCUT2D eigenvalue weighted by Crippen LogP contribution is -2.58. The van der Waals surface area contributed by atoms with E-state index < -0.39 is 47.9 Å². The molecule has 13 heteroatoms. The van der Waals surface area contributed by atoms with E-state index in [0.29, 0.717) is 11.4 Å². The molecule has 8 N–H and O–H groups in total. The molecule has 0 radical (unpaired) electrons. The van der Waals surface area contributed by atoms with Crippen molar-refractivity contribution >= 4 is 35.5 Å². The molecule has 0 spiro atoms. The number of carbonyl (C=O) groups is 4. The molecule has 224 valence electrons. The summed E-state index contributed by atoms with van der Waals surface area (Å²) in [4.78, 5) is 58.4. The fourth-order valence-electron chi connectivity index (χ4n) is 4.18. The number of nitrogens with zero attached hydrogens (tertiary/aromatic N) is 1. The average Bonchev–Trinajstić information content (AvgIpc) is 3.49. The standard InChI is InChI=1S/C29H36N6O6S/c1-42-12-11-23(33-26(37)22(30)13-19-7-9-21(36)10-8-19)27(38)34-24(14-18-5-3-2-4-6-18)28(39)35-25(29(40)41)15-20-16-31-17-32-20/h2-10,16-17,22-25,36H,11-15,30H2,1H3,(H,31,32)(H,33,37)(H,34,38)(H,35,39)(H,40,41)/t22-,23+,24-,25-/m0/s1. The van der Waals surface area contributed by atoms with E-state index in [0.717, 1.165) is 11.1 Å². The van der Waals surface area contributed by atoms with Gasteiger partial charge < -0.3 is 36.9 Å². The number of rotatable bonds is 16. The predicted molar refractivity (Wildman–Crippen MR) is 159 cm³/mol. The molecule has 0 unspecified atom stereocenters. The topological polar surface area (TPSA) is 200 Å². The number of hydrogen-bond donors (Lipinski definition) is 7. The molecule has 1 heterocycles. The van der Waals surface area contributed by atoms with Crippen molar-refractivity contribution in [1.82, 2.24) is 25.9 Å². The highest BCUT2D eigenvalue weighted by Crippen LogP contribution is 2.12. The molecule has 0 aliphatic carbocycles. The Kier molecular flexibility index (Phi) is 12.4. The van der Waals surface area contributed by atoms with Crippen LogP contribution in [0.5, 0.6) is 5.75 Å². The average molecular weight is 597 g/mol. The summed E-state index contributed by atoms with van der Waals surface area (Å²) >= 11 is 1.49. The number of nitrogens with two attached hydrogens (primary N) is 1. The molecule has 2 aromatic carbocycles. The Balaban J connectivity index is 1.74. The number of aromatic nitrogens is 2. The molecule has 12 nitrogen and oxygen atoms in total. The minimum Gasteiger partial charge on any atom is -0.508 e. The van der Waals surface area contributed by atoms with Crippen LogP contribution in [0.4, 0.5) is 0 Å². The Bertz CT molecular complexity index is 1310. The minimum atomic E-state index is -1.27. The number of phenolic OH excluding ortho intramolecular Hbond substituents is 1. The number of benzene rings is 2. The summed E-state index contributed by atoms with van der Waals surface area (Å²) in [6.45, 7) is 0. The molecular formula is C29H36N6O6S. The summed E-state index contributed by atoms with van der Waals surface area (Å²) in [5.74, 6) is -2.42. The molecular weight excluding hydrogens is 560 g/mol. The van der Waals surface area contributed by atoms with Crippen LogP contribution in [0.2, 0.25) is 0 Å². The highest BCUT2D eigenvalue weighted by Gasteiger charge is 2.30. The van der Waals surface area contributed by atoms with Crippen LogP contribution in [0.1, 0.15) is 23.2 Å². The van der Waals surface area contributed by atoms with Crippen LogP contribution in [-0.2, 0) is 38.4 Å². The van der Waals surface area contributed by atoms with E-state index in [1.165, 1.54) is 36.4 Å². The third-order valence-electron chi connectivity index (χ3n) is 6.48. The fraction of sp³-hybridized carbons (Fsp3) is 0.345. The molecule has 42 heavy (non-hydrogen) atoms. The maximum atomic E-state index is 13.5. The molecule has 0 saturated heterocycles. The Morgan fingerprint density at radius 3 is 2.10 bits per heavy atom. The first kappa shape index (κ1) is 32.2. The van der Waals surface area contributed by atoms with Crippen molar-refractivity contribution in [2.45, 2.75) is 49.9 Å². The first-order chi connectivity index (χ1) is 20.2. The number of hydrogen-bond acceptors (Lipinski definition) is 8. The molecule has 3 aromatic rings. The molecule has 1 aromatic heterocycles. The van der Waals surface area contributed by atoms with Gasteiger partial charge in [-0.05, 0) is 48.1 Å². The highest BCUT2D eigenvalue weighted by atomic mass is 32.2. The van der Waals surface area contributed by atoms with Crippen molar-refractivity contribution in [3.63, 3.8) is 0 Å². The lowest BCUT2D eigenvalue weighted by molar-refractivity contribution is -0.142. The van der Waals surface area contributed by atoms with Crippen LogP contribution in [0.15, 0.2) is 67.1 Å². The maximum Gasteiger partial charge on any atom is 0.326 e. The van der Waals surface area contributed by atoms with E-state index in [2.05, 4.69) is 25.9 Å². The molecule has 3 amide bonds. The number of nitrogens with one attached hydrogen (secondary N) is 4. The van der Waals surface area contributed by atoms with Crippen LogP contribution >= 0.6 is 11.8 Å². The van der Waals surface area contributed by atoms with Crippen molar-refractivity contribution in [1.29, 1.82) is 0 Å². The molecule has 0 aliphatic rings. The van der Waals surface area contributed by atoms with Gasteiger partial charge in [0.2, 0.25) is 17.7 Å². The summed E-state index contributed by atoms with van der Waals surface area (Å²) in [6.07, 6.45) is 5.28. The van der Waals surface area contributed by atoms with E-state index in [1.54, 1.807) is 36.4 Å². The molecule has 0 fully saturated rings. The zero-order chi connectivity index (χ0) is 30.5. The molecule has 0 bridgehead atoms. The molecule has 0 aliphatic heterocycles. The van der Waals surface area contributed by atoms with Crippen LogP contribution in [0, 0.1) is 0 Å². The van der Waals surface area contributed by atoms with Gasteiger partial charge in [0.25, 0.3) is 0 Å². The number of amides is 3. The number of aromatic amines is 1. The second-order valence-corrected chi connectivity index (χ2v) is 10.7. The molecule has 0 saturated carbocycles. The van der Waals surface area contributed by atoms with Crippen LogP contribution < -0.4 is 21.7 Å². The van der Waals surface area contributed by atoms with Crippen molar-refractivity contribution in [3.05, 3.63) is 83.9 Å². The summed E-state index contributed by atoms with van der Waals surface area (Å²) in [6, 6.07) is 11.0. The van der Waals surface area contributed by atoms with Crippen LogP contribution in [-0.4, -0.2) is 80.0 Å². The van der Waals surface area contributed by atoms with Crippen LogP contribution in [0.3, 0.4) is 0 Å². The Labute approximate surface area is 247 Å². The van der Waals surface area contributed by atoms with Crippen molar-refractivity contribution in [3.8, 4) is 5.75 Å². The number of aromatic hydroxyl groups is 1. The zero-order valence-corrected chi connectivity index (χ0v) is 24.0. The van der Waals surface area contributed by atoms with Gasteiger partial charge in [-0.3, -0.25) is 14.4 Å². The van der Waals surface area contributed by atoms with Crippen molar-refractivity contribution in [2.75, 3.05) is 12.0 Å². The van der Waals surface area contributed by atoms with E-state index in [9.17, 15) is 29.4 Å². The third-order valence-corrected chi connectivity index (χ3v) is 7.13. The summed E-state index contributed by atoms with van der Waals surface area (Å²) < 4.78 is 0. The van der Waals surface area contributed by atoms with E-state index in [-0.39, 0.29) is 31.4 Å². The third kappa shape index (κ3) is 10.2.